The Morgan fingerprint density at radius 3 is 2.88 bits per heavy atom. The average molecular weight is 116 g/mol. The maximum atomic E-state index is 10.3. The second-order valence-electron chi connectivity index (χ2n) is 1.20. The molecule has 0 aliphatic heterocycles. The van der Waals surface area contributed by atoms with Crippen molar-refractivity contribution in [1.82, 2.24) is 10.8 Å². The molecule has 5 heteroatoms. The molecule has 0 heterocycles. The van der Waals surface area contributed by atoms with Crippen LogP contribution in [0.4, 0.5) is 0 Å². The molecule has 0 aromatic heterocycles. The number of carbonyl (C=O) groups excluding carboxylic acids is 1. The molecule has 0 aliphatic rings. The zero-order valence-corrected chi connectivity index (χ0v) is 5.02. The lowest BCUT2D eigenvalue weighted by molar-refractivity contribution is -0.120. The number of hydroxylamine groups is 1. The summed E-state index contributed by atoms with van der Waals surface area (Å²) in [6.07, 6.45) is 0. The third-order valence-corrected chi connectivity index (χ3v) is 0.656. The summed E-state index contributed by atoms with van der Waals surface area (Å²) >= 11 is 0. The van der Waals surface area contributed by atoms with E-state index < -0.39 is 0 Å². The van der Waals surface area contributed by atoms with E-state index in [1.807, 2.05) is 0 Å². The number of hydrogen-bond donors (Lipinski definition) is 2. The summed E-state index contributed by atoms with van der Waals surface area (Å²) in [4.78, 5) is 10.3. The quantitative estimate of drug-likeness (QED) is 0.325. The van der Waals surface area contributed by atoms with Crippen LogP contribution in [0.3, 0.4) is 0 Å². The summed E-state index contributed by atoms with van der Waals surface area (Å²) in [6, 6.07) is 0. The Morgan fingerprint density at radius 2 is 2.50 bits per heavy atom. The molecule has 8 heavy (non-hydrogen) atoms. The summed E-state index contributed by atoms with van der Waals surface area (Å²) < 4.78 is 4.40. The highest BCUT2D eigenvalue weighted by atomic mass is 16.6. The van der Waals surface area contributed by atoms with Gasteiger partial charge < -0.3 is 10.1 Å². The van der Waals surface area contributed by atoms with E-state index in [2.05, 4.69) is 15.6 Å². The van der Waals surface area contributed by atoms with Gasteiger partial charge in [0, 0.05) is 7.05 Å². The second-order valence-corrected chi connectivity index (χ2v) is 1.20. The fraction of sp³-hybridized carbons (Fsp3) is 0.667. The minimum Gasteiger partial charge on any atom is -0.372 e. The molecule has 0 radical (unpaired) electrons. The summed E-state index contributed by atoms with van der Waals surface area (Å²) in [5.74, 6) is -0.0909. The molecule has 2 N–H and O–H groups in total. The van der Waals surface area contributed by atoms with Crippen molar-refractivity contribution < 1.29 is 9.55 Å². The summed E-state index contributed by atoms with van der Waals surface area (Å²) in [5, 5.41) is 2.42. The normalized spacial score (nSPS) is 8.62. The van der Waals surface area contributed by atoms with Gasteiger partial charge in [-0.05, 0) is 0 Å². The van der Waals surface area contributed by atoms with Crippen LogP contribution < -0.4 is 10.8 Å². The first-order chi connectivity index (χ1) is 3.81. The lowest BCUT2D eigenvalue weighted by atomic mass is 10.6. The number of carbonyl (C=O) groups is 1. The van der Waals surface area contributed by atoms with Gasteiger partial charge in [0.1, 0.15) is 0 Å². The van der Waals surface area contributed by atoms with Crippen molar-refractivity contribution >= 4 is 14.0 Å². The van der Waals surface area contributed by atoms with E-state index in [-0.39, 0.29) is 12.5 Å². The molecule has 0 bridgehead atoms. The average Bonchev–Trinajstić information content (AvgIpc) is 1.83. The number of rotatable bonds is 3. The summed E-state index contributed by atoms with van der Waals surface area (Å²) in [5.41, 5.74) is 2.39. The van der Waals surface area contributed by atoms with E-state index in [1.54, 1.807) is 7.05 Å². The van der Waals surface area contributed by atoms with Crippen LogP contribution in [0.5, 0.6) is 0 Å². The second kappa shape index (κ2) is 4.61. The lowest BCUT2D eigenvalue weighted by Gasteiger charge is -1.98. The Labute approximate surface area is 49.0 Å². The molecule has 0 unspecified atom stereocenters. The largest absolute Gasteiger partial charge is 0.372 e. The van der Waals surface area contributed by atoms with Gasteiger partial charge in [0.25, 0.3) is 8.05 Å². The minimum absolute atomic E-state index is 0.0909. The maximum absolute atomic E-state index is 10.3. The molecule has 1 amide bonds. The smallest absolute Gasteiger partial charge is 0.287 e. The van der Waals surface area contributed by atoms with Gasteiger partial charge in [0.15, 0.2) is 0 Å². The lowest BCUT2D eigenvalue weighted by Crippen LogP contribution is -2.30. The van der Waals surface area contributed by atoms with Crippen molar-refractivity contribution in [3.8, 4) is 0 Å². The van der Waals surface area contributed by atoms with Crippen molar-refractivity contribution in [3.05, 3.63) is 0 Å². The molecule has 4 nitrogen and oxygen atoms in total. The van der Waals surface area contributed by atoms with Crippen LogP contribution in [0, 0.1) is 0 Å². The third kappa shape index (κ3) is 3.64. The Kier molecular flexibility index (Phi) is 4.30. The predicted molar refractivity (Wildman–Crippen MR) is 31.7 cm³/mol. The Balaban J connectivity index is 2.99. The minimum atomic E-state index is -0.0909. The summed E-state index contributed by atoms with van der Waals surface area (Å²) in [6.45, 7) is 0.201. The molecular weight excluding hydrogens is 107 g/mol. The van der Waals surface area contributed by atoms with E-state index >= 15 is 0 Å². The first-order valence-electron chi connectivity index (χ1n) is 2.27. The number of nitrogens with one attached hydrogen (secondary N) is 2. The molecule has 46 valence electrons. The van der Waals surface area contributed by atoms with Gasteiger partial charge in [-0.25, -0.2) is 5.48 Å². The van der Waals surface area contributed by atoms with Gasteiger partial charge in [-0.15, -0.1) is 0 Å². The monoisotopic (exact) mass is 116 g/mol. The van der Waals surface area contributed by atoms with Crippen LogP contribution in [-0.2, 0) is 9.55 Å². The molecule has 0 rings (SSSR count). The molecule has 0 aromatic rings. The molecule has 0 aliphatic carbocycles. The van der Waals surface area contributed by atoms with Crippen LogP contribution in [-0.4, -0.2) is 27.5 Å². The van der Waals surface area contributed by atoms with Crippen molar-refractivity contribution in [2.45, 2.75) is 0 Å². The highest BCUT2D eigenvalue weighted by Crippen LogP contribution is 1.57. The van der Waals surface area contributed by atoms with Crippen molar-refractivity contribution in [1.29, 1.82) is 0 Å². The van der Waals surface area contributed by atoms with E-state index in [4.69, 9.17) is 0 Å². The summed E-state index contributed by atoms with van der Waals surface area (Å²) in [7, 11) is 3.03. The SMILES string of the molecule is BONCC(=O)NC. The Hall–Kier alpha value is -0.545. The Bertz CT molecular complexity index is 77.7. The standard InChI is InChI=1S/C3H9BN2O2/c1-5-3(7)2-6-8-4/h6H,2,4H2,1H3,(H,5,7). The van der Waals surface area contributed by atoms with E-state index in [0.29, 0.717) is 0 Å². The van der Waals surface area contributed by atoms with E-state index in [9.17, 15) is 4.79 Å². The van der Waals surface area contributed by atoms with Gasteiger partial charge >= 0.3 is 0 Å². The van der Waals surface area contributed by atoms with Crippen molar-refractivity contribution in [2.24, 2.45) is 0 Å². The zero-order valence-electron chi connectivity index (χ0n) is 5.02. The fourth-order valence-electron chi connectivity index (χ4n) is 0.226. The van der Waals surface area contributed by atoms with E-state index in [1.165, 1.54) is 8.05 Å². The van der Waals surface area contributed by atoms with Gasteiger partial charge in [0.05, 0.1) is 6.54 Å². The van der Waals surface area contributed by atoms with Crippen molar-refractivity contribution in [3.63, 3.8) is 0 Å². The molecule has 0 spiro atoms. The topological polar surface area (TPSA) is 50.4 Å². The molecule has 0 saturated heterocycles. The molecule has 0 fully saturated rings. The van der Waals surface area contributed by atoms with Crippen molar-refractivity contribution in [2.75, 3.05) is 13.6 Å². The molecular formula is C3H9BN2O2. The molecule has 0 aromatic carbocycles. The zero-order chi connectivity index (χ0) is 6.41. The third-order valence-electron chi connectivity index (χ3n) is 0.656. The maximum Gasteiger partial charge on any atom is 0.287 e. The van der Waals surface area contributed by atoms with Gasteiger partial charge in [0.2, 0.25) is 5.91 Å². The molecule has 0 atom stereocenters. The first kappa shape index (κ1) is 7.45. The highest BCUT2D eigenvalue weighted by Gasteiger charge is 1.91. The Morgan fingerprint density at radius 1 is 1.88 bits per heavy atom. The first-order valence-corrected chi connectivity index (χ1v) is 2.27. The fourth-order valence-corrected chi connectivity index (χ4v) is 0.226. The molecule has 0 saturated carbocycles. The van der Waals surface area contributed by atoms with E-state index in [0.717, 1.165) is 0 Å². The van der Waals surface area contributed by atoms with Gasteiger partial charge in [-0.3, -0.25) is 4.79 Å². The van der Waals surface area contributed by atoms with Crippen LogP contribution in [0.2, 0.25) is 0 Å². The van der Waals surface area contributed by atoms with Crippen LogP contribution in [0.1, 0.15) is 0 Å². The number of amides is 1. The highest BCUT2D eigenvalue weighted by molar-refractivity contribution is 5.97. The van der Waals surface area contributed by atoms with Gasteiger partial charge in [-0.2, -0.15) is 0 Å². The van der Waals surface area contributed by atoms with Gasteiger partial charge in [-0.1, -0.05) is 0 Å². The van der Waals surface area contributed by atoms with Crippen LogP contribution in [0.25, 0.3) is 0 Å². The number of hydrogen-bond acceptors (Lipinski definition) is 3. The number of likely N-dealkylation sites (N-methyl/N-ethyl adjacent to an activating group) is 1. The van der Waals surface area contributed by atoms with Crippen LogP contribution >= 0.6 is 0 Å². The predicted octanol–water partition coefficient (Wildman–Crippen LogP) is -2.20. The van der Waals surface area contributed by atoms with Crippen LogP contribution in [0.15, 0.2) is 0 Å².